The lowest BCUT2D eigenvalue weighted by atomic mass is 9.97. The molecule has 20 heavy (non-hydrogen) atoms. The van der Waals surface area contributed by atoms with Crippen molar-refractivity contribution in [1.82, 2.24) is 0 Å². The van der Waals surface area contributed by atoms with Gasteiger partial charge in [0.1, 0.15) is 0 Å². The maximum absolute atomic E-state index is 12.7. The van der Waals surface area contributed by atoms with E-state index in [1.165, 1.54) is 12.1 Å². The number of carbonyl (C=O) groups is 1. The number of halogens is 4. The zero-order valence-electron chi connectivity index (χ0n) is 9.91. The minimum absolute atomic E-state index is 0.0187. The van der Waals surface area contributed by atoms with Gasteiger partial charge in [-0.25, -0.2) is 4.79 Å². The first-order valence-corrected chi connectivity index (χ1v) is 5.87. The van der Waals surface area contributed by atoms with Crippen LogP contribution in [-0.2, 0) is 6.18 Å². The SMILES string of the molecule is O=C(O)c1ccc(C(F)(F)F)cc1-c1cccc(Cl)c1. The number of rotatable bonds is 2. The van der Waals surface area contributed by atoms with Gasteiger partial charge in [0, 0.05) is 5.02 Å². The summed E-state index contributed by atoms with van der Waals surface area (Å²) in [4.78, 5) is 11.1. The molecule has 0 aliphatic heterocycles. The van der Waals surface area contributed by atoms with Crippen molar-refractivity contribution in [1.29, 1.82) is 0 Å². The first kappa shape index (κ1) is 14.4. The Labute approximate surface area is 117 Å². The molecule has 0 saturated heterocycles. The van der Waals surface area contributed by atoms with Crippen LogP contribution in [0.2, 0.25) is 5.02 Å². The summed E-state index contributed by atoms with van der Waals surface area (Å²) in [6, 6.07) is 8.54. The summed E-state index contributed by atoms with van der Waals surface area (Å²) in [5.74, 6) is -1.30. The third kappa shape index (κ3) is 2.93. The van der Waals surface area contributed by atoms with Crippen molar-refractivity contribution in [2.45, 2.75) is 6.18 Å². The zero-order chi connectivity index (χ0) is 14.9. The summed E-state index contributed by atoms with van der Waals surface area (Å²) < 4.78 is 38.2. The molecule has 2 nitrogen and oxygen atoms in total. The van der Waals surface area contributed by atoms with Gasteiger partial charge in [-0.05, 0) is 41.5 Å². The predicted molar refractivity (Wildman–Crippen MR) is 68.8 cm³/mol. The fourth-order valence-electron chi connectivity index (χ4n) is 1.80. The first-order chi connectivity index (χ1) is 9.29. The van der Waals surface area contributed by atoms with Gasteiger partial charge in [0.15, 0.2) is 0 Å². The molecule has 0 saturated carbocycles. The van der Waals surface area contributed by atoms with Crippen LogP contribution in [0, 0.1) is 0 Å². The van der Waals surface area contributed by atoms with E-state index in [4.69, 9.17) is 16.7 Å². The van der Waals surface area contributed by atoms with Gasteiger partial charge in [0.25, 0.3) is 0 Å². The number of carboxylic acid groups (broad SMARTS) is 1. The van der Waals surface area contributed by atoms with E-state index in [0.717, 1.165) is 18.2 Å². The molecule has 1 N–H and O–H groups in total. The van der Waals surface area contributed by atoms with Gasteiger partial charge in [0.2, 0.25) is 0 Å². The van der Waals surface area contributed by atoms with Crippen LogP contribution >= 0.6 is 11.6 Å². The zero-order valence-corrected chi connectivity index (χ0v) is 10.7. The lowest BCUT2D eigenvalue weighted by Crippen LogP contribution is -2.07. The van der Waals surface area contributed by atoms with Crippen LogP contribution in [0.3, 0.4) is 0 Å². The van der Waals surface area contributed by atoms with E-state index < -0.39 is 17.7 Å². The van der Waals surface area contributed by atoms with Crippen molar-refractivity contribution in [2.75, 3.05) is 0 Å². The molecule has 0 unspecified atom stereocenters. The Kier molecular flexibility index (Phi) is 3.72. The van der Waals surface area contributed by atoms with E-state index in [9.17, 15) is 18.0 Å². The Morgan fingerprint density at radius 1 is 1.10 bits per heavy atom. The van der Waals surface area contributed by atoms with Crippen LogP contribution in [0.4, 0.5) is 13.2 Å². The Morgan fingerprint density at radius 3 is 2.35 bits per heavy atom. The van der Waals surface area contributed by atoms with Crippen LogP contribution in [-0.4, -0.2) is 11.1 Å². The van der Waals surface area contributed by atoms with E-state index in [0.29, 0.717) is 10.6 Å². The lowest BCUT2D eigenvalue weighted by molar-refractivity contribution is -0.137. The minimum Gasteiger partial charge on any atom is -0.478 e. The van der Waals surface area contributed by atoms with E-state index in [1.807, 2.05) is 0 Å². The Bertz CT molecular complexity index is 666. The smallest absolute Gasteiger partial charge is 0.416 e. The van der Waals surface area contributed by atoms with Crippen molar-refractivity contribution in [3.8, 4) is 11.1 Å². The predicted octanol–water partition coefficient (Wildman–Crippen LogP) is 4.72. The molecule has 0 radical (unpaired) electrons. The quantitative estimate of drug-likeness (QED) is 0.871. The second kappa shape index (κ2) is 5.17. The van der Waals surface area contributed by atoms with Crippen molar-refractivity contribution >= 4 is 17.6 Å². The molecule has 0 aliphatic carbocycles. The van der Waals surface area contributed by atoms with Crippen molar-refractivity contribution < 1.29 is 23.1 Å². The van der Waals surface area contributed by atoms with Crippen LogP contribution in [0.25, 0.3) is 11.1 Å². The van der Waals surface area contributed by atoms with Gasteiger partial charge in [-0.1, -0.05) is 23.7 Å². The second-order valence-corrected chi connectivity index (χ2v) is 4.51. The van der Waals surface area contributed by atoms with E-state index in [1.54, 1.807) is 12.1 Å². The highest BCUT2D eigenvalue weighted by Crippen LogP contribution is 2.34. The average Bonchev–Trinajstić information content (AvgIpc) is 2.37. The molecule has 2 aromatic carbocycles. The monoisotopic (exact) mass is 300 g/mol. The summed E-state index contributed by atoms with van der Waals surface area (Å²) in [5, 5.41) is 9.39. The average molecular weight is 301 g/mol. The van der Waals surface area contributed by atoms with Crippen LogP contribution in [0.15, 0.2) is 42.5 Å². The number of hydrogen-bond donors (Lipinski definition) is 1. The highest BCUT2D eigenvalue weighted by molar-refractivity contribution is 6.30. The maximum Gasteiger partial charge on any atom is 0.416 e. The maximum atomic E-state index is 12.7. The summed E-state index contributed by atoms with van der Waals surface area (Å²) in [6.07, 6.45) is -4.54. The number of carboxylic acids is 1. The molecular formula is C14H8ClF3O2. The summed E-state index contributed by atoms with van der Waals surface area (Å²) in [5.41, 5.74) is -0.812. The highest BCUT2D eigenvalue weighted by Gasteiger charge is 2.31. The van der Waals surface area contributed by atoms with Gasteiger partial charge >= 0.3 is 12.1 Å². The summed E-state index contributed by atoms with van der Waals surface area (Å²) in [7, 11) is 0. The fourth-order valence-corrected chi connectivity index (χ4v) is 1.99. The molecular weight excluding hydrogens is 293 g/mol. The third-order valence-corrected chi connectivity index (χ3v) is 2.95. The Hall–Kier alpha value is -2.01. The van der Waals surface area contributed by atoms with Crippen LogP contribution in [0.1, 0.15) is 15.9 Å². The van der Waals surface area contributed by atoms with Gasteiger partial charge in [-0.3, -0.25) is 0 Å². The molecule has 2 rings (SSSR count). The van der Waals surface area contributed by atoms with E-state index in [-0.39, 0.29) is 11.1 Å². The highest BCUT2D eigenvalue weighted by atomic mass is 35.5. The Balaban J connectivity index is 2.67. The number of benzene rings is 2. The summed E-state index contributed by atoms with van der Waals surface area (Å²) >= 11 is 5.79. The molecule has 0 amide bonds. The van der Waals surface area contributed by atoms with Gasteiger partial charge in [-0.2, -0.15) is 13.2 Å². The lowest BCUT2D eigenvalue weighted by Gasteiger charge is -2.12. The molecule has 2 aromatic rings. The molecule has 104 valence electrons. The molecule has 0 bridgehead atoms. The third-order valence-electron chi connectivity index (χ3n) is 2.71. The van der Waals surface area contributed by atoms with Crippen LogP contribution in [0.5, 0.6) is 0 Å². The largest absolute Gasteiger partial charge is 0.478 e. The van der Waals surface area contributed by atoms with Crippen LogP contribution < -0.4 is 0 Å². The molecule has 0 spiro atoms. The van der Waals surface area contributed by atoms with E-state index in [2.05, 4.69) is 0 Å². The molecule has 0 fully saturated rings. The standard InChI is InChI=1S/C14H8ClF3O2/c15-10-3-1-2-8(6-10)12-7-9(14(16,17)18)4-5-11(12)13(19)20/h1-7H,(H,19,20). The van der Waals surface area contributed by atoms with Gasteiger partial charge in [-0.15, -0.1) is 0 Å². The number of alkyl halides is 3. The topological polar surface area (TPSA) is 37.3 Å². The Morgan fingerprint density at radius 2 is 1.80 bits per heavy atom. The molecule has 0 aliphatic rings. The fraction of sp³-hybridized carbons (Fsp3) is 0.0714. The molecule has 6 heteroatoms. The van der Waals surface area contributed by atoms with E-state index >= 15 is 0 Å². The number of aromatic carboxylic acids is 1. The van der Waals surface area contributed by atoms with Crippen molar-refractivity contribution in [2.24, 2.45) is 0 Å². The second-order valence-electron chi connectivity index (χ2n) is 4.07. The minimum atomic E-state index is -4.54. The normalized spacial score (nSPS) is 11.4. The first-order valence-electron chi connectivity index (χ1n) is 5.49. The molecule has 0 heterocycles. The number of hydrogen-bond acceptors (Lipinski definition) is 1. The van der Waals surface area contributed by atoms with Gasteiger partial charge < -0.3 is 5.11 Å². The van der Waals surface area contributed by atoms with Gasteiger partial charge in [0.05, 0.1) is 11.1 Å². The van der Waals surface area contributed by atoms with Crippen molar-refractivity contribution in [3.63, 3.8) is 0 Å². The molecule has 0 aromatic heterocycles. The molecule has 0 atom stereocenters. The summed E-state index contributed by atoms with van der Waals surface area (Å²) in [6.45, 7) is 0. The van der Waals surface area contributed by atoms with Crippen molar-refractivity contribution in [3.05, 3.63) is 58.6 Å².